The fraction of sp³-hybridized carbons (Fsp3) is 0.400. The maximum Gasteiger partial charge on any atom is 0.255 e. The summed E-state index contributed by atoms with van der Waals surface area (Å²) < 4.78 is 5.43. The van der Waals surface area contributed by atoms with Crippen LogP contribution in [0.2, 0.25) is 0 Å². The molecule has 2 fully saturated rings. The van der Waals surface area contributed by atoms with E-state index in [2.05, 4.69) is 21.5 Å². The number of hydrogen-bond acceptors (Lipinski definition) is 6. The highest BCUT2D eigenvalue weighted by Crippen LogP contribution is 2.32. The van der Waals surface area contributed by atoms with Gasteiger partial charge in [0.25, 0.3) is 5.91 Å². The van der Waals surface area contributed by atoms with E-state index in [9.17, 15) is 9.59 Å². The molecule has 4 N–H and O–H groups in total. The maximum absolute atomic E-state index is 12.9. The van der Waals surface area contributed by atoms with Crippen molar-refractivity contribution < 1.29 is 14.0 Å². The van der Waals surface area contributed by atoms with Crippen LogP contribution in [-0.2, 0) is 4.79 Å². The molecule has 8 nitrogen and oxygen atoms in total. The summed E-state index contributed by atoms with van der Waals surface area (Å²) in [5.41, 5.74) is 7.27. The molecule has 1 aromatic carbocycles. The van der Waals surface area contributed by atoms with Crippen LogP contribution in [0.1, 0.15) is 41.4 Å². The van der Waals surface area contributed by atoms with Gasteiger partial charge in [0.1, 0.15) is 17.5 Å². The van der Waals surface area contributed by atoms with Gasteiger partial charge in [-0.1, -0.05) is 12.1 Å². The molecule has 1 aromatic heterocycles. The fourth-order valence-corrected chi connectivity index (χ4v) is 4.34. The minimum atomic E-state index is -0.486. The fourth-order valence-electron chi connectivity index (χ4n) is 4.34. The maximum atomic E-state index is 12.9. The Labute approximate surface area is 162 Å². The Kier molecular flexibility index (Phi) is 4.10. The standard InChI is InChI=1S/C20H23N5O3/c26-18-13-4-1-2-5-14(13)21-20(22-18)7-9-25(10-8-20)19(27)16-12-15(23-24-16)17-6-3-11-28-17/h1-6,11,15-16,21,23-24H,7-10,12H2,(H,22,26). The molecule has 4 heterocycles. The molecule has 2 unspecified atom stereocenters. The molecule has 1 spiro atoms. The monoisotopic (exact) mass is 381 g/mol. The van der Waals surface area contributed by atoms with Gasteiger partial charge in [-0.2, -0.15) is 0 Å². The van der Waals surface area contributed by atoms with Crippen LogP contribution in [0.25, 0.3) is 0 Å². The molecular formula is C20H23N5O3. The molecule has 146 valence electrons. The largest absolute Gasteiger partial charge is 0.468 e. The molecule has 28 heavy (non-hydrogen) atoms. The lowest BCUT2D eigenvalue weighted by atomic mass is 9.92. The van der Waals surface area contributed by atoms with Gasteiger partial charge in [0.2, 0.25) is 5.91 Å². The Hall–Kier alpha value is -2.84. The number of para-hydroxylation sites is 1. The van der Waals surface area contributed by atoms with E-state index in [1.807, 2.05) is 41.3 Å². The van der Waals surface area contributed by atoms with Crippen LogP contribution in [0.15, 0.2) is 47.1 Å². The minimum Gasteiger partial charge on any atom is -0.468 e. The number of furan rings is 1. The minimum absolute atomic E-state index is 0.00381. The Balaban J connectivity index is 1.22. The predicted molar refractivity (Wildman–Crippen MR) is 102 cm³/mol. The van der Waals surface area contributed by atoms with Crippen molar-refractivity contribution in [2.75, 3.05) is 18.4 Å². The molecule has 5 rings (SSSR count). The van der Waals surface area contributed by atoms with Crippen LogP contribution in [0.5, 0.6) is 0 Å². The molecule has 8 heteroatoms. The van der Waals surface area contributed by atoms with Crippen LogP contribution < -0.4 is 21.5 Å². The van der Waals surface area contributed by atoms with Crippen LogP contribution in [0.4, 0.5) is 5.69 Å². The second-order valence-electron chi connectivity index (χ2n) is 7.68. The van der Waals surface area contributed by atoms with Crippen molar-refractivity contribution in [1.82, 2.24) is 21.1 Å². The van der Waals surface area contributed by atoms with Gasteiger partial charge in [0.15, 0.2) is 0 Å². The molecule has 3 aliphatic rings. The smallest absolute Gasteiger partial charge is 0.255 e. The highest BCUT2D eigenvalue weighted by Gasteiger charge is 2.42. The van der Waals surface area contributed by atoms with E-state index in [0.29, 0.717) is 37.9 Å². The summed E-state index contributed by atoms with van der Waals surface area (Å²) >= 11 is 0. The molecular weight excluding hydrogens is 358 g/mol. The zero-order valence-corrected chi connectivity index (χ0v) is 15.4. The van der Waals surface area contributed by atoms with Crippen molar-refractivity contribution in [3.8, 4) is 0 Å². The Morgan fingerprint density at radius 3 is 2.68 bits per heavy atom. The molecule has 0 aliphatic carbocycles. The molecule has 0 bridgehead atoms. The zero-order valence-electron chi connectivity index (χ0n) is 15.4. The number of amides is 2. The number of fused-ring (bicyclic) bond motifs is 1. The topological polar surface area (TPSA) is 98.6 Å². The van der Waals surface area contributed by atoms with Gasteiger partial charge in [-0.05, 0) is 30.7 Å². The van der Waals surface area contributed by atoms with Gasteiger partial charge in [-0.25, -0.2) is 10.9 Å². The Morgan fingerprint density at radius 1 is 1.07 bits per heavy atom. The molecule has 0 radical (unpaired) electrons. The van der Waals surface area contributed by atoms with E-state index < -0.39 is 5.66 Å². The number of anilines is 1. The van der Waals surface area contributed by atoms with Gasteiger partial charge in [-0.3, -0.25) is 9.59 Å². The lowest BCUT2D eigenvalue weighted by Gasteiger charge is -2.46. The zero-order chi connectivity index (χ0) is 19.1. The van der Waals surface area contributed by atoms with Gasteiger partial charge in [-0.15, -0.1) is 0 Å². The summed E-state index contributed by atoms with van der Waals surface area (Å²) in [6.07, 6.45) is 3.62. The van der Waals surface area contributed by atoms with Crippen LogP contribution in [-0.4, -0.2) is 41.5 Å². The third-order valence-corrected chi connectivity index (χ3v) is 5.92. The van der Waals surface area contributed by atoms with Crippen molar-refractivity contribution in [3.63, 3.8) is 0 Å². The average molecular weight is 381 g/mol. The quantitative estimate of drug-likeness (QED) is 0.627. The molecule has 0 saturated carbocycles. The van der Waals surface area contributed by atoms with Gasteiger partial charge in [0, 0.05) is 31.6 Å². The normalized spacial score (nSPS) is 25.9. The first-order valence-corrected chi connectivity index (χ1v) is 9.67. The lowest BCUT2D eigenvalue weighted by Crippen LogP contribution is -2.63. The Bertz CT molecular complexity index is 889. The number of likely N-dealkylation sites (tertiary alicyclic amines) is 1. The molecule has 3 aliphatic heterocycles. The third-order valence-electron chi connectivity index (χ3n) is 5.92. The molecule has 2 aromatic rings. The van der Waals surface area contributed by atoms with Crippen molar-refractivity contribution in [2.45, 2.75) is 37.0 Å². The van der Waals surface area contributed by atoms with Crippen LogP contribution in [0.3, 0.4) is 0 Å². The highest BCUT2D eigenvalue weighted by atomic mass is 16.3. The second-order valence-corrected chi connectivity index (χ2v) is 7.68. The number of benzene rings is 1. The molecule has 2 amide bonds. The average Bonchev–Trinajstić information content (AvgIpc) is 3.40. The van der Waals surface area contributed by atoms with E-state index >= 15 is 0 Å². The number of hydrazine groups is 1. The highest BCUT2D eigenvalue weighted by molar-refractivity contribution is 6.02. The summed E-state index contributed by atoms with van der Waals surface area (Å²) in [4.78, 5) is 27.3. The molecule has 2 atom stereocenters. The number of piperidine rings is 1. The van der Waals surface area contributed by atoms with E-state index in [-0.39, 0.29) is 23.9 Å². The number of nitrogens with one attached hydrogen (secondary N) is 4. The lowest BCUT2D eigenvalue weighted by molar-refractivity contribution is -0.134. The Morgan fingerprint density at radius 2 is 1.89 bits per heavy atom. The van der Waals surface area contributed by atoms with Crippen molar-refractivity contribution in [2.24, 2.45) is 0 Å². The summed E-state index contributed by atoms with van der Waals surface area (Å²) in [6.45, 7) is 1.19. The second kappa shape index (κ2) is 6.65. The van der Waals surface area contributed by atoms with Crippen molar-refractivity contribution >= 4 is 17.5 Å². The van der Waals surface area contributed by atoms with E-state index in [1.54, 1.807) is 6.26 Å². The van der Waals surface area contributed by atoms with E-state index in [1.165, 1.54) is 0 Å². The van der Waals surface area contributed by atoms with Gasteiger partial charge < -0.3 is 20.0 Å². The first-order chi connectivity index (χ1) is 13.6. The first-order valence-electron chi connectivity index (χ1n) is 9.67. The summed E-state index contributed by atoms with van der Waals surface area (Å²) in [7, 11) is 0. The van der Waals surface area contributed by atoms with E-state index in [0.717, 1.165) is 11.4 Å². The number of carbonyl (C=O) groups is 2. The van der Waals surface area contributed by atoms with Crippen LogP contribution in [0, 0.1) is 0 Å². The number of nitrogens with zero attached hydrogens (tertiary/aromatic N) is 1. The number of hydrogen-bond donors (Lipinski definition) is 4. The molecule has 2 saturated heterocycles. The van der Waals surface area contributed by atoms with Gasteiger partial charge in [0.05, 0.1) is 17.9 Å². The summed E-state index contributed by atoms with van der Waals surface area (Å²) in [5.74, 6) is 0.851. The summed E-state index contributed by atoms with van der Waals surface area (Å²) in [5, 5.41) is 6.60. The van der Waals surface area contributed by atoms with E-state index in [4.69, 9.17) is 4.42 Å². The van der Waals surface area contributed by atoms with Crippen molar-refractivity contribution in [3.05, 3.63) is 54.0 Å². The number of carbonyl (C=O) groups excluding carboxylic acids is 2. The SMILES string of the molecule is O=C1NC2(CCN(C(=O)C3CC(c4ccco4)NN3)CC2)Nc2ccccc21. The number of rotatable bonds is 2. The van der Waals surface area contributed by atoms with Crippen molar-refractivity contribution in [1.29, 1.82) is 0 Å². The predicted octanol–water partition coefficient (Wildman–Crippen LogP) is 1.36. The van der Waals surface area contributed by atoms with Crippen LogP contribution >= 0.6 is 0 Å². The van der Waals surface area contributed by atoms with Gasteiger partial charge >= 0.3 is 0 Å². The first kappa shape index (κ1) is 17.3. The summed E-state index contributed by atoms with van der Waals surface area (Å²) in [6, 6.07) is 11.0. The third kappa shape index (κ3) is 2.94.